The first-order valence-electron chi connectivity index (χ1n) is 5.13. The van der Waals surface area contributed by atoms with E-state index in [1.54, 1.807) is 20.3 Å². The van der Waals surface area contributed by atoms with Crippen LogP contribution in [0.2, 0.25) is 0 Å². The van der Waals surface area contributed by atoms with Crippen LogP contribution in [0.3, 0.4) is 0 Å². The van der Waals surface area contributed by atoms with Crippen LogP contribution in [0.4, 0.5) is 0 Å². The lowest BCUT2D eigenvalue weighted by Gasteiger charge is -2.04. The average Bonchev–Trinajstić information content (AvgIpc) is 2.34. The Kier molecular flexibility index (Phi) is 5.24. The molecule has 86 valence electrons. The highest BCUT2D eigenvalue weighted by Crippen LogP contribution is 2.21. The molecule has 0 heterocycles. The van der Waals surface area contributed by atoms with Crippen LogP contribution >= 0.6 is 0 Å². The zero-order chi connectivity index (χ0) is 11.8. The Balaban J connectivity index is 2.81. The predicted octanol–water partition coefficient (Wildman–Crippen LogP) is 1.83. The third kappa shape index (κ3) is 3.84. The van der Waals surface area contributed by atoms with Crippen molar-refractivity contribution in [2.24, 2.45) is 0 Å². The maximum absolute atomic E-state index is 8.62. The fourth-order valence-electron chi connectivity index (χ4n) is 1.21. The van der Waals surface area contributed by atoms with Crippen molar-refractivity contribution in [1.29, 1.82) is 0 Å². The normalized spacial score (nSPS) is 9.19. The first-order valence-corrected chi connectivity index (χ1v) is 5.13. The fourth-order valence-corrected chi connectivity index (χ4v) is 1.21. The van der Waals surface area contributed by atoms with Crippen molar-refractivity contribution in [1.82, 2.24) is 0 Å². The Labute approximate surface area is 96.0 Å². The number of unbranched alkanes of at least 4 members (excludes halogenated alkanes) is 1. The van der Waals surface area contributed by atoms with Crippen molar-refractivity contribution in [3.8, 4) is 23.3 Å². The van der Waals surface area contributed by atoms with Gasteiger partial charge in [0.15, 0.2) is 0 Å². The molecule has 0 aliphatic heterocycles. The number of methoxy groups -OCH3 is 2. The van der Waals surface area contributed by atoms with Gasteiger partial charge in [-0.1, -0.05) is 11.8 Å². The molecule has 0 saturated heterocycles. The summed E-state index contributed by atoms with van der Waals surface area (Å²) < 4.78 is 10.3. The molecule has 0 unspecified atom stereocenters. The Hall–Kier alpha value is -1.66. The van der Waals surface area contributed by atoms with E-state index >= 15 is 0 Å². The number of aliphatic hydroxyl groups excluding tert-OH is 1. The number of ether oxygens (including phenoxy) is 2. The third-order valence-electron chi connectivity index (χ3n) is 2.04. The van der Waals surface area contributed by atoms with Gasteiger partial charge in [-0.3, -0.25) is 0 Å². The lowest BCUT2D eigenvalue weighted by molar-refractivity contribution is 0.290. The Morgan fingerprint density at radius 2 is 1.75 bits per heavy atom. The van der Waals surface area contributed by atoms with Gasteiger partial charge in [-0.15, -0.1) is 0 Å². The molecule has 0 bridgehead atoms. The summed E-state index contributed by atoms with van der Waals surface area (Å²) in [6, 6.07) is 5.52. The van der Waals surface area contributed by atoms with Gasteiger partial charge in [-0.05, 0) is 18.6 Å². The zero-order valence-electron chi connectivity index (χ0n) is 9.62. The quantitative estimate of drug-likeness (QED) is 0.621. The molecule has 0 amide bonds. The van der Waals surface area contributed by atoms with Crippen LogP contribution in [-0.4, -0.2) is 25.9 Å². The topological polar surface area (TPSA) is 38.7 Å². The molecule has 0 aliphatic carbocycles. The molecule has 3 heteroatoms. The van der Waals surface area contributed by atoms with Crippen molar-refractivity contribution in [3.05, 3.63) is 23.8 Å². The summed E-state index contributed by atoms with van der Waals surface area (Å²) in [6.45, 7) is 0.177. The molecule has 0 fully saturated rings. The lowest BCUT2D eigenvalue weighted by atomic mass is 10.2. The maximum Gasteiger partial charge on any atom is 0.123 e. The predicted molar refractivity (Wildman–Crippen MR) is 62.7 cm³/mol. The number of hydrogen-bond donors (Lipinski definition) is 1. The smallest absolute Gasteiger partial charge is 0.123 e. The van der Waals surface area contributed by atoms with Gasteiger partial charge in [-0.25, -0.2) is 0 Å². The SMILES string of the molecule is COc1cc(C#CCCCO)cc(OC)c1. The second-order valence-corrected chi connectivity index (χ2v) is 3.23. The summed E-state index contributed by atoms with van der Waals surface area (Å²) in [5.41, 5.74) is 0.856. The van der Waals surface area contributed by atoms with E-state index in [9.17, 15) is 0 Å². The molecule has 16 heavy (non-hydrogen) atoms. The second-order valence-electron chi connectivity index (χ2n) is 3.23. The minimum atomic E-state index is 0.177. The molecule has 0 aliphatic rings. The lowest BCUT2D eigenvalue weighted by Crippen LogP contribution is -1.88. The first kappa shape index (κ1) is 12.4. The molecule has 3 nitrogen and oxygen atoms in total. The Morgan fingerprint density at radius 3 is 2.25 bits per heavy atom. The highest BCUT2D eigenvalue weighted by atomic mass is 16.5. The fraction of sp³-hybridized carbons (Fsp3) is 0.385. The standard InChI is InChI=1S/C13H16O3/c1-15-12-8-11(6-4-3-5-7-14)9-13(10-12)16-2/h8-10,14H,3,5,7H2,1-2H3. The number of aliphatic hydroxyl groups is 1. The summed E-state index contributed by atoms with van der Waals surface area (Å²) >= 11 is 0. The second kappa shape index (κ2) is 6.76. The zero-order valence-corrected chi connectivity index (χ0v) is 9.62. The van der Waals surface area contributed by atoms with E-state index in [-0.39, 0.29) is 6.61 Å². The minimum absolute atomic E-state index is 0.177. The molecule has 0 saturated carbocycles. The average molecular weight is 220 g/mol. The molecule has 1 N–H and O–H groups in total. The molecule has 0 radical (unpaired) electrons. The maximum atomic E-state index is 8.62. The van der Waals surface area contributed by atoms with Gasteiger partial charge in [0.25, 0.3) is 0 Å². The third-order valence-corrected chi connectivity index (χ3v) is 2.04. The van der Waals surface area contributed by atoms with Crippen molar-refractivity contribution in [2.75, 3.05) is 20.8 Å². The molecule has 1 rings (SSSR count). The molecule has 0 spiro atoms. The van der Waals surface area contributed by atoms with Gasteiger partial charge in [0.2, 0.25) is 0 Å². The highest BCUT2D eigenvalue weighted by molar-refractivity contribution is 5.46. The van der Waals surface area contributed by atoms with Crippen molar-refractivity contribution in [3.63, 3.8) is 0 Å². The van der Waals surface area contributed by atoms with Gasteiger partial charge in [0.05, 0.1) is 14.2 Å². The number of benzene rings is 1. The molecular weight excluding hydrogens is 204 g/mol. The van der Waals surface area contributed by atoms with E-state index in [4.69, 9.17) is 14.6 Å². The number of rotatable bonds is 4. The van der Waals surface area contributed by atoms with Gasteiger partial charge in [0.1, 0.15) is 11.5 Å². The van der Waals surface area contributed by atoms with Crippen LogP contribution in [0.5, 0.6) is 11.5 Å². The van der Waals surface area contributed by atoms with Gasteiger partial charge >= 0.3 is 0 Å². The van der Waals surface area contributed by atoms with Crippen LogP contribution in [0.15, 0.2) is 18.2 Å². The van der Waals surface area contributed by atoms with E-state index in [0.29, 0.717) is 12.8 Å². The van der Waals surface area contributed by atoms with E-state index < -0.39 is 0 Å². The first-order chi connectivity index (χ1) is 7.80. The Morgan fingerprint density at radius 1 is 1.12 bits per heavy atom. The van der Waals surface area contributed by atoms with Crippen LogP contribution < -0.4 is 9.47 Å². The summed E-state index contributed by atoms with van der Waals surface area (Å²) in [4.78, 5) is 0. The van der Waals surface area contributed by atoms with E-state index in [2.05, 4.69) is 11.8 Å². The van der Waals surface area contributed by atoms with Gasteiger partial charge in [-0.2, -0.15) is 0 Å². The van der Waals surface area contributed by atoms with Crippen LogP contribution in [0.25, 0.3) is 0 Å². The van der Waals surface area contributed by atoms with E-state index in [0.717, 1.165) is 17.1 Å². The summed E-state index contributed by atoms with van der Waals surface area (Å²) in [6.07, 6.45) is 1.39. The number of hydrogen-bond acceptors (Lipinski definition) is 3. The summed E-state index contributed by atoms with van der Waals surface area (Å²) in [5, 5.41) is 8.62. The van der Waals surface area contributed by atoms with E-state index in [1.165, 1.54) is 0 Å². The van der Waals surface area contributed by atoms with Crippen molar-refractivity contribution < 1.29 is 14.6 Å². The van der Waals surface area contributed by atoms with Gasteiger partial charge in [0, 0.05) is 24.7 Å². The van der Waals surface area contributed by atoms with Crippen molar-refractivity contribution in [2.45, 2.75) is 12.8 Å². The molecule has 1 aromatic carbocycles. The van der Waals surface area contributed by atoms with Crippen LogP contribution in [0, 0.1) is 11.8 Å². The summed E-state index contributed by atoms with van der Waals surface area (Å²) in [5.74, 6) is 7.45. The largest absolute Gasteiger partial charge is 0.497 e. The molecule has 1 aromatic rings. The molecule has 0 aromatic heterocycles. The van der Waals surface area contributed by atoms with Gasteiger partial charge < -0.3 is 14.6 Å². The minimum Gasteiger partial charge on any atom is -0.497 e. The van der Waals surface area contributed by atoms with Crippen molar-refractivity contribution >= 4 is 0 Å². The summed E-state index contributed by atoms with van der Waals surface area (Å²) in [7, 11) is 3.22. The molecule has 0 atom stereocenters. The highest BCUT2D eigenvalue weighted by Gasteiger charge is 1.98. The van der Waals surface area contributed by atoms with Crippen LogP contribution in [-0.2, 0) is 0 Å². The Bertz CT molecular complexity index is 366. The van der Waals surface area contributed by atoms with Crippen LogP contribution in [0.1, 0.15) is 18.4 Å². The monoisotopic (exact) mass is 220 g/mol. The van der Waals surface area contributed by atoms with E-state index in [1.807, 2.05) is 12.1 Å². The molecular formula is C13H16O3.